The molecule has 0 unspecified atom stereocenters. The molecular formula is C29H22ClN2O2Se. The van der Waals surface area contributed by atoms with E-state index in [2.05, 4.69) is 22.1 Å². The number of allylic oxidation sites excluding steroid dienone is 1. The standard InChI is InChI=1S/C29H22ClN2O2Se/c30-24(17-18-35(22-11-5-2-6-12-22)27-14-8-7-13-26(27)33)21-15-16-25-23(19-21)29(34)32-28(31-25)20-9-3-1-4-10-20/h1-17,19,33H,18H2,(H,31,32,34)/b24-17-. The molecule has 0 aliphatic carbocycles. The van der Waals surface area contributed by atoms with E-state index in [1.54, 1.807) is 12.1 Å². The minimum absolute atomic E-state index is 0.204. The van der Waals surface area contributed by atoms with Gasteiger partial charge in [0.1, 0.15) is 0 Å². The molecule has 5 rings (SSSR count). The number of halogens is 1. The Morgan fingerprint density at radius 3 is 2.34 bits per heavy atom. The molecule has 0 fully saturated rings. The summed E-state index contributed by atoms with van der Waals surface area (Å²) in [6, 6.07) is 32.8. The first-order valence-electron chi connectivity index (χ1n) is 11.1. The van der Waals surface area contributed by atoms with Crippen LogP contribution in [0.3, 0.4) is 0 Å². The van der Waals surface area contributed by atoms with Gasteiger partial charge in [-0.15, -0.1) is 0 Å². The molecule has 0 spiro atoms. The predicted molar refractivity (Wildman–Crippen MR) is 146 cm³/mol. The molecule has 35 heavy (non-hydrogen) atoms. The molecule has 0 aliphatic heterocycles. The number of para-hydroxylation sites is 1. The molecule has 4 aromatic carbocycles. The number of nitrogens with one attached hydrogen (secondary N) is 1. The van der Waals surface area contributed by atoms with E-state index >= 15 is 0 Å². The molecule has 0 aliphatic rings. The number of rotatable bonds is 6. The van der Waals surface area contributed by atoms with Crippen LogP contribution in [-0.4, -0.2) is 29.0 Å². The molecule has 0 saturated heterocycles. The van der Waals surface area contributed by atoms with E-state index in [0.29, 0.717) is 32.8 Å². The van der Waals surface area contributed by atoms with Gasteiger partial charge in [-0.3, -0.25) is 0 Å². The SMILES string of the molecule is O=c1[nH]c(-c2ccccc2)nc2ccc(/C(Cl)=C/C[Se](c3ccccc3)c3ccccc3O)cc12. The van der Waals surface area contributed by atoms with E-state index < -0.39 is 13.9 Å². The number of nitrogens with zero attached hydrogens (tertiary/aromatic N) is 1. The first-order chi connectivity index (χ1) is 17.1. The summed E-state index contributed by atoms with van der Waals surface area (Å²) < 4.78 is 2.18. The number of fused-ring (bicyclic) bond motifs is 1. The van der Waals surface area contributed by atoms with Gasteiger partial charge in [0.2, 0.25) is 0 Å². The molecule has 1 heterocycles. The Hall–Kier alpha value is -3.63. The summed E-state index contributed by atoms with van der Waals surface area (Å²) in [4.78, 5) is 20.4. The van der Waals surface area contributed by atoms with Gasteiger partial charge in [-0.1, -0.05) is 6.07 Å². The summed E-state index contributed by atoms with van der Waals surface area (Å²) in [6.45, 7) is 0. The quantitative estimate of drug-likeness (QED) is 0.289. The topological polar surface area (TPSA) is 66.0 Å². The summed E-state index contributed by atoms with van der Waals surface area (Å²) >= 11 is 5.14. The summed E-state index contributed by atoms with van der Waals surface area (Å²) in [5, 5.41) is 12.3. The summed E-state index contributed by atoms with van der Waals surface area (Å²) in [5.41, 5.74) is 2.03. The molecule has 6 heteroatoms. The number of hydrogen-bond donors (Lipinski definition) is 2. The van der Waals surface area contributed by atoms with Gasteiger partial charge in [0.05, 0.1) is 0 Å². The molecule has 1 aromatic heterocycles. The van der Waals surface area contributed by atoms with Crippen LogP contribution < -0.4 is 14.5 Å². The fraction of sp³-hybridized carbons (Fsp3) is 0.0345. The average Bonchev–Trinajstić information content (AvgIpc) is 2.90. The number of phenols is 1. The zero-order valence-corrected chi connectivity index (χ0v) is 21.2. The van der Waals surface area contributed by atoms with Crippen molar-refractivity contribution in [2.45, 2.75) is 5.32 Å². The third kappa shape index (κ3) is 5.08. The molecule has 0 atom stereocenters. The van der Waals surface area contributed by atoms with Crippen LogP contribution in [0.25, 0.3) is 27.3 Å². The van der Waals surface area contributed by atoms with Crippen molar-refractivity contribution in [3.05, 3.63) is 125 Å². The number of phenolic OH excluding ortho intramolecular Hbond substituents is 1. The van der Waals surface area contributed by atoms with Gasteiger partial charge in [0, 0.05) is 0 Å². The van der Waals surface area contributed by atoms with Crippen LogP contribution in [-0.2, 0) is 0 Å². The Bertz CT molecular complexity index is 1570. The van der Waals surface area contributed by atoms with Gasteiger partial charge in [-0.2, -0.15) is 0 Å². The molecule has 4 nitrogen and oxygen atoms in total. The first-order valence-corrected chi connectivity index (χ1v) is 14.4. The third-order valence-electron chi connectivity index (χ3n) is 5.62. The van der Waals surface area contributed by atoms with Gasteiger partial charge in [0.25, 0.3) is 0 Å². The Morgan fingerprint density at radius 2 is 1.60 bits per heavy atom. The minimum atomic E-state index is -1.59. The normalized spacial score (nSPS) is 11.8. The van der Waals surface area contributed by atoms with E-state index in [1.165, 1.54) is 4.46 Å². The summed E-state index contributed by atoms with van der Waals surface area (Å²) in [6.07, 6.45) is 1.99. The molecule has 0 saturated carbocycles. The second-order valence-electron chi connectivity index (χ2n) is 7.90. The number of hydrogen-bond acceptors (Lipinski definition) is 3. The Labute approximate surface area is 212 Å². The monoisotopic (exact) mass is 545 g/mol. The van der Waals surface area contributed by atoms with Gasteiger partial charge in [-0.05, 0) is 0 Å². The van der Waals surface area contributed by atoms with Crippen molar-refractivity contribution in [3.8, 4) is 17.1 Å². The van der Waals surface area contributed by atoms with E-state index in [-0.39, 0.29) is 5.56 Å². The maximum atomic E-state index is 12.8. The molecule has 2 N–H and O–H groups in total. The van der Waals surface area contributed by atoms with Crippen molar-refractivity contribution in [2.75, 3.05) is 0 Å². The number of H-pyrrole nitrogens is 1. The summed E-state index contributed by atoms with van der Waals surface area (Å²) in [7, 11) is 0. The molecule has 5 aromatic rings. The second kappa shape index (κ2) is 10.3. The van der Waals surface area contributed by atoms with Crippen LogP contribution in [0.1, 0.15) is 5.56 Å². The van der Waals surface area contributed by atoms with E-state index in [4.69, 9.17) is 11.6 Å². The van der Waals surface area contributed by atoms with E-state index in [9.17, 15) is 9.90 Å². The fourth-order valence-electron chi connectivity index (χ4n) is 3.86. The molecule has 0 amide bonds. The van der Waals surface area contributed by atoms with Gasteiger partial charge >= 0.3 is 207 Å². The molecule has 173 valence electrons. The average molecular weight is 545 g/mol. The van der Waals surface area contributed by atoms with Crippen molar-refractivity contribution in [1.29, 1.82) is 0 Å². The van der Waals surface area contributed by atoms with Crippen molar-refractivity contribution in [3.63, 3.8) is 0 Å². The fourth-order valence-corrected chi connectivity index (χ4v) is 8.47. The Balaban J connectivity index is 1.47. The molecule has 0 bridgehead atoms. The van der Waals surface area contributed by atoms with Crippen LogP contribution in [0.4, 0.5) is 0 Å². The van der Waals surface area contributed by atoms with Gasteiger partial charge in [-0.25, -0.2) is 0 Å². The Kier molecular flexibility index (Phi) is 6.82. The van der Waals surface area contributed by atoms with Crippen LogP contribution >= 0.6 is 11.6 Å². The van der Waals surface area contributed by atoms with E-state index in [1.807, 2.05) is 84.9 Å². The summed E-state index contributed by atoms with van der Waals surface area (Å²) in [5.74, 6) is 0.847. The molecule has 1 radical (unpaired) electrons. The predicted octanol–water partition coefficient (Wildman–Crippen LogP) is 5.18. The number of aromatic hydroxyl groups is 1. The third-order valence-corrected chi connectivity index (χ3v) is 10.6. The zero-order valence-electron chi connectivity index (χ0n) is 18.7. The zero-order chi connectivity index (χ0) is 24.2. The van der Waals surface area contributed by atoms with Crippen LogP contribution in [0.2, 0.25) is 5.32 Å². The second-order valence-corrected chi connectivity index (χ2v) is 12.6. The number of aromatic nitrogens is 2. The van der Waals surface area contributed by atoms with Crippen LogP contribution in [0.15, 0.2) is 114 Å². The molecular weight excluding hydrogens is 523 g/mol. The van der Waals surface area contributed by atoms with Gasteiger partial charge < -0.3 is 0 Å². The number of aromatic amines is 1. The first kappa shape index (κ1) is 23.1. The number of benzene rings is 4. The van der Waals surface area contributed by atoms with Gasteiger partial charge in [0.15, 0.2) is 0 Å². The Morgan fingerprint density at radius 1 is 0.914 bits per heavy atom. The van der Waals surface area contributed by atoms with Crippen molar-refractivity contribution in [2.24, 2.45) is 0 Å². The van der Waals surface area contributed by atoms with Crippen molar-refractivity contribution >= 4 is 50.4 Å². The maximum absolute atomic E-state index is 12.8. The van der Waals surface area contributed by atoms with Crippen molar-refractivity contribution in [1.82, 2.24) is 9.97 Å². The van der Waals surface area contributed by atoms with Crippen LogP contribution in [0.5, 0.6) is 5.75 Å². The van der Waals surface area contributed by atoms with E-state index in [0.717, 1.165) is 15.6 Å². The van der Waals surface area contributed by atoms with Crippen LogP contribution in [0, 0.1) is 0 Å². The van der Waals surface area contributed by atoms with Crippen molar-refractivity contribution < 1.29 is 5.11 Å².